The van der Waals surface area contributed by atoms with Crippen molar-refractivity contribution in [2.75, 3.05) is 39.9 Å². The highest BCUT2D eigenvalue weighted by atomic mass is 15.5. The van der Waals surface area contributed by atoms with Crippen molar-refractivity contribution in [3.8, 4) is 0 Å². The molecule has 0 aliphatic carbocycles. The van der Waals surface area contributed by atoms with Gasteiger partial charge in [0.25, 0.3) is 0 Å². The zero-order valence-electron chi connectivity index (χ0n) is 10.3. The van der Waals surface area contributed by atoms with Crippen LogP contribution in [-0.4, -0.2) is 49.3 Å². The fourth-order valence-electron chi connectivity index (χ4n) is 2.29. The van der Waals surface area contributed by atoms with Gasteiger partial charge in [0, 0.05) is 6.54 Å². The first-order chi connectivity index (χ1) is 6.70. The number of likely N-dealkylation sites (N-methyl/N-ethyl adjacent to an activating group) is 1. The molecule has 14 heavy (non-hydrogen) atoms. The maximum Gasteiger partial charge on any atom is 0.135 e. The van der Waals surface area contributed by atoms with Crippen LogP contribution in [0.2, 0.25) is 0 Å². The minimum Gasteiger partial charge on any atom is -0.312 e. The Kier molecular flexibility index (Phi) is 4.90. The summed E-state index contributed by atoms with van der Waals surface area (Å²) in [6.45, 7) is 11.2. The van der Waals surface area contributed by atoms with Crippen LogP contribution < -0.4 is 0 Å². The summed E-state index contributed by atoms with van der Waals surface area (Å²) in [4.78, 5) is 2.64. The molecule has 0 N–H and O–H groups in total. The zero-order valence-corrected chi connectivity index (χ0v) is 10.3. The number of unbranched alkanes of at least 4 members (excludes halogenated alkanes) is 2. The van der Waals surface area contributed by atoms with Crippen LogP contribution in [0, 0.1) is 0 Å². The molecule has 1 unspecified atom stereocenters. The van der Waals surface area contributed by atoms with Crippen LogP contribution in [0.3, 0.4) is 0 Å². The minimum absolute atomic E-state index is 1.29. The summed E-state index contributed by atoms with van der Waals surface area (Å²) < 4.78 is 1.29. The molecule has 0 bridgehead atoms. The molecular weight excluding hydrogens is 172 g/mol. The molecular formula is C12H27N2+. The van der Waals surface area contributed by atoms with Gasteiger partial charge in [-0.15, -0.1) is 0 Å². The molecule has 0 saturated carbocycles. The van der Waals surface area contributed by atoms with E-state index in [-0.39, 0.29) is 0 Å². The number of rotatable bonds is 6. The second kappa shape index (κ2) is 5.72. The van der Waals surface area contributed by atoms with Gasteiger partial charge in [-0.3, -0.25) is 4.90 Å². The molecule has 84 valence electrons. The predicted molar refractivity (Wildman–Crippen MR) is 62.2 cm³/mol. The Balaban J connectivity index is 2.24. The molecule has 0 aromatic heterocycles. The van der Waals surface area contributed by atoms with Crippen LogP contribution in [0.5, 0.6) is 0 Å². The summed E-state index contributed by atoms with van der Waals surface area (Å²) in [5.74, 6) is 0. The van der Waals surface area contributed by atoms with Gasteiger partial charge >= 0.3 is 0 Å². The number of hydrogen-bond acceptors (Lipinski definition) is 1. The van der Waals surface area contributed by atoms with Crippen molar-refractivity contribution in [2.24, 2.45) is 0 Å². The predicted octanol–water partition coefficient (Wildman–Crippen LogP) is 2.31. The molecule has 0 amide bonds. The van der Waals surface area contributed by atoms with Crippen molar-refractivity contribution < 1.29 is 4.48 Å². The third kappa shape index (κ3) is 3.58. The van der Waals surface area contributed by atoms with E-state index in [2.05, 4.69) is 25.8 Å². The molecule has 2 nitrogen and oxygen atoms in total. The first-order valence-electron chi connectivity index (χ1n) is 6.26. The molecule has 1 heterocycles. The Hall–Kier alpha value is -0.0800. The van der Waals surface area contributed by atoms with Crippen LogP contribution >= 0.6 is 0 Å². The van der Waals surface area contributed by atoms with Crippen molar-refractivity contribution in [1.82, 2.24) is 4.90 Å². The van der Waals surface area contributed by atoms with Gasteiger partial charge in [-0.25, -0.2) is 0 Å². The molecule has 1 aliphatic rings. The van der Waals surface area contributed by atoms with E-state index in [1.165, 1.54) is 63.0 Å². The fraction of sp³-hybridized carbons (Fsp3) is 1.00. The summed E-state index contributed by atoms with van der Waals surface area (Å²) in [6, 6.07) is 0. The van der Waals surface area contributed by atoms with E-state index in [0.29, 0.717) is 0 Å². The molecule has 0 aromatic carbocycles. The Morgan fingerprint density at radius 1 is 1.14 bits per heavy atom. The average molecular weight is 199 g/mol. The number of nitrogens with zero attached hydrogens (tertiary/aromatic N) is 2. The van der Waals surface area contributed by atoms with E-state index < -0.39 is 0 Å². The topological polar surface area (TPSA) is 3.24 Å². The first kappa shape index (κ1) is 12.0. The van der Waals surface area contributed by atoms with Gasteiger partial charge < -0.3 is 4.48 Å². The summed E-state index contributed by atoms with van der Waals surface area (Å²) in [7, 11) is 2.42. The van der Waals surface area contributed by atoms with E-state index in [1.54, 1.807) is 0 Å². The highest BCUT2D eigenvalue weighted by Crippen LogP contribution is 2.15. The van der Waals surface area contributed by atoms with E-state index in [9.17, 15) is 0 Å². The summed E-state index contributed by atoms with van der Waals surface area (Å²) in [6.07, 6.45) is 5.42. The fourth-order valence-corrected chi connectivity index (χ4v) is 2.29. The van der Waals surface area contributed by atoms with Crippen molar-refractivity contribution in [3.05, 3.63) is 0 Å². The SMILES string of the molecule is CCCCN1CC[N+](C)(CCCC)C1. The molecule has 1 fully saturated rings. The first-order valence-corrected chi connectivity index (χ1v) is 6.26. The highest BCUT2D eigenvalue weighted by molar-refractivity contribution is 4.60. The minimum atomic E-state index is 1.29. The van der Waals surface area contributed by atoms with Gasteiger partial charge in [0.05, 0.1) is 26.7 Å². The standard InChI is InChI=1S/C12H27N2/c1-4-6-8-13-9-11-14(3,12-13)10-7-5-2/h4-12H2,1-3H3/q+1. The molecule has 1 rings (SSSR count). The van der Waals surface area contributed by atoms with Crippen molar-refractivity contribution in [3.63, 3.8) is 0 Å². The highest BCUT2D eigenvalue weighted by Gasteiger charge is 2.31. The molecule has 0 radical (unpaired) electrons. The van der Waals surface area contributed by atoms with Gasteiger partial charge in [0.1, 0.15) is 6.67 Å². The largest absolute Gasteiger partial charge is 0.312 e. The smallest absolute Gasteiger partial charge is 0.135 e. The summed E-state index contributed by atoms with van der Waals surface area (Å²) in [5.41, 5.74) is 0. The van der Waals surface area contributed by atoms with Gasteiger partial charge in [-0.05, 0) is 12.8 Å². The summed E-state index contributed by atoms with van der Waals surface area (Å²) >= 11 is 0. The lowest BCUT2D eigenvalue weighted by Gasteiger charge is -2.29. The normalized spacial score (nSPS) is 28.5. The van der Waals surface area contributed by atoms with Gasteiger partial charge in [-0.1, -0.05) is 26.7 Å². The zero-order chi connectivity index (χ0) is 10.4. The van der Waals surface area contributed by atoms with Crippen LogP contribution in [0.25, 0.3) is 0 Å². The third-order valence-corrected chi connectivity index (χ3v) is 3.38. The van der Waals surface area contributed by atoms with Crippen LogP contribution in [0.4, 0.5) is 0 Å². The average Bonchev–Trinajstić information content (AvgIpc) is 2.55. The maximum absolute atomic E-state index is 2.64. The lowest BCUT2D eigenvalue weighted by atomic mass is 10.3. The quantitative estimate of drug-likeness (QED) is 0.593. The van der Waals surface area contributed by atoms with Crippen LogP contribution in [0.15, 0.2) is 0 Å². The number of hydrogen-bond donors (Lipinski definition) is 0. The van der Waals surface area contributed by atoms with E-state index in [4.69, 9.17) is 0 Å². The Morgan fingerprint density at radius 3 is 2.50 bits per heavy atom. The Morgan fingerprint density at radius 2 is 1.86 bits per heavy atom. The maximum atomic E-state index is 2.64. The third-order valence-electron chi connectivity index (χ3n) is 3.38. The molecule has 1 aliphatic heterocycles. The van der Waals surface area contributed by atoms with Crippen LogP contribution in [-0.2, 0) is 0 Å². The molecule has 1 atom stereocenters. The van der Waals surface area contributed by atoms with E-state index in [1.807, 2.05) is 0 Å². The molecule has 0 spiro atoms. The van der Waals surface area contributed by atoms with Crippen molar-refractivity contribution in [2.45, 2.75) is 39.5 Å². The molecule has 0 aromatic rings. The van der Waals surface area contributed by atoms with Crippen LogP contribution in [0.1, 0.15) is 39.5 Å². The van der Waals surface area contributed by atoms with Gasteiger partial charge in [0.15, 0.2) is 0 Å². The lowest BCUT2D eigenvalue weighted by molar-refractivity contribution is -0.902. The molecule has 2 heteroatoms. The van der Waals surface area contributed by atoms with Gasteiger partial charge in [-0.2, -0.15) is 0 Å². The monoisotopic (exact) mass is 199 g/mol. The summed E-state index contributed by atoms with van der Waals surface area (Å²) in [5, 5.41) is 0. The second-order valence-electron chi connectivity index (χ2n) is 5.03. The van der Waals surface area contributed by atoms with E-state index in [0.717, 1.165) is 0 Å². The lowest BCUT2D eigenvalue weighted by Crippen LogP contribution is -2.43. The van der Waals surface area contributed by atoms with E-state index >= 15 is 0 Å². The van der Waals surface area contributed by atoms with Crippen molar-refractivity contribution >= 4 is 0 Å². The molecule has 1 saturated heterocycles. The van der Waals surface area contributed by atoms with Crippen molar-refractivity contribution in [1.29, 1.82) is 0 Å². The number of quaternary nitrogens is 1. The van der Waals surface area contributed by atoms with Gasteiger partial charge in [0.2, 0.25) is 0 Å². The Labute approximate surface area is 89.5 Å². The Bertz CT molecular complexity index is 158. The second-order valence-corrected chi connectivity index (χ2v) is 5.03.